The molecule has 0 radical (unpaired) electrons. The summed E-state index contributed by atoms with van der Waals surface area (Å²) in [6.45, 7) is 10.1. The first-order valence-electron chi connectivity index (χ1n) is 9.43. The molecular formula is C20H30N2O3. The molecule has 2 fully saturated rings. The molecule has 2 aliphatic heterocycles. The van der Waals surface area contributed by atoms with Gasteiger partial charge in [0, 0.05) is 43.8 Å². The second kappa shape index (κ2) is 8.79. The average molecular weight is 346 g/mol. The molecule has 0 spiro atoms. The number of hydrogen-bond acceptors (Lipinski definition) is 4. The van der Waals surface area contributed by atoms with Crippen LogP contribution in [-0.4, -0.2) is 62.9 Å². The van der Waals surface area contributed by atoms with Crippen molar-refractivity contribution in [2.75, 3.05) is 46.1 Å². The van der Waals surface area contributed by atoms with Gasteiger partial charge < -0.3 is 14.8 Å². The lowest BCUT2D eigenvalue weighted by Gasteiger charge is -2.36. The Labute approximate surface area is 150 Å². The molecule has 5 nitrogen and oxygen atoms in total. The van der Waals surface area contributed by atoms with Crippen molar-refractivity contribution in [3.63, 3.8) is 0 Å². The summed E-state index contributed by atoms with van der Waals surface area (Å²) in [5, 5.41) is 3.14. The average Bonchev–Trinajstić information content (AvgIpc) is 3.17. The standard InChI is InChI=1S/C20H30N2O3/c1-15(2)19(22-7-10-24-11-8-22)13-21-20(23)17-5-3-4-16(12-17)18-6-9-25-14-18/h3-5,12,15,18-19H,6-11,13-14H2,1-2H3,(H,21,23)/t18-,19+/m1/s1. The first-order valence-corrected chi connectivity index (χ1v) is 9.43. The number of nitrogens with one attached hydrogen (secondary N) is 1. The van der Waals surface area contributed by atoms with E-state index in [1.165, 1.54) is 5.56 Å². The fourth-order valence-electron chi connectivity index (χ4n) is 3.73. The molecule has 0 aliphatic carbocycles. The number of hydrogen-bond donors (Lipinski definition) is 1. The van der Waals surface area contributed by atoms with Crippen molar-refractivity contribution >= 4 is 5.91 Å². The monoisotopic (exact) mass is 346 g/mol. The molecule has 1 aromatic rings. The SMILES string of the molecule is CC(C)[C@H](CNC(=O)c1cccc([C@@H]2CCOC2)c1)N1CCOCC1. The van der Waals surface area contributed by atoms with Gasteiger partial charge in [0.15, 0.2) is 0 Å². The zero-order valence-electron chi connectivity index (χ0n) is 15.4. The molecule has 0 unspecified atom stereocenters. The summed E-state index contributed by atoms with van der Waals surface area (Å²) in [5.41, 5.74) is 1.95. The van der Waals surface area contributed by atoms with Gasteiger partial charge in [0.2, 0.25) is 0 Å². The van der Waals surface area contributed by atoms with Crippen LogP contribution in [0.2, 0.25) is 0 Å². The van der Waals surface area contributed by atoms with E-state index in [1.54, 1.807) is 0 Å². The summed E-state index contributed by atoms with van der Waals surface area (Å²) < 4.78 is 10.9. The van der Waals surface area contributed by atoms with E-state index in [0.717, 1.165) is 51.5 Å². The van der Waals surface area contributed by atoms with Crippen LogP contribution in [-0.2, 0) is 9.47 Å². The highest BCUT2D eigenvalue weighted by molar-refractivity contribution is 5.94. The summed E-state index contributed by atoms with van der Waals surface area (Å²) >= 11 is 0. The van der Waals surface area contributed by atoms with Crippen LogP contribution < -0.4 is 5.32 Å². The Morgan fingerprint density at radius 3 is 2.72 bits per heavy atom. The van der Waals surface area contributed by atoms with Crippen molar-refractivity contribution in [3.8, 4) is 0 Å². The van der Waals surface area contributed by atoms with E-state index in [-0.39, 0.29) is 5.91 Å². The topological polar surface area (TPSA) is 50.8 Å². The van der Waals surface area contributed by atoms with Crippen LogP contribution in [0.4, 0.5) is 0 Å². The molecule has 25 heavy (non-hydrogen) atoms. The third kappa shape index (κ3) is 4.81. The minimum Gasteiger partial charge on any atom is -0.381 e. The second-order valence-corrected chi connectivity index (χ2v) is 7.36. The molecule has 1 aromatic carbocycles. The molecule has 2 saturated heterocycles. The molecule has 0 bridgehead atoms. The largest absolute Gasteiger partial charge is 0.381 e. The maximum atomic E-state index is 12.6. The molecular weight excluding hydrogens is 316 g/mol. The minimum atomic E-state index is 0.0136. The third-order valence-corrected chi connectivity index (χ3v) is 5.31. The molecule has 138 valence electrons. The minimum absolute atomic E-state index is 0.0136. The normalized spacial score (nSPS) is 22.9. The van der Waals surface area contributed by atoms with E-state index in [1.807, 2.05) is 18.2 Å². The molecule has 5 heteroatoms. The first kappa shape index (κ1) is 18.4. The quantitative estimate of drug-likeness (QED) is 0.859. The molecule has 3 rings (SSSR count). The van der Waals surface area contributed by atoms with Gasteiger partial charge in [-0.15, -0.1) is 0 Å². The highest BCUT2D eigenvalue weighted by Gasteiger charge is 2.24. The number of rotatable bonds is 6. The number of morpholine rings is 1. The van der Waals surface area contributed by atoms with Gasteiger partial charge in [-0.2, -0.15) is 0 Å². The van der Waals surface area contributed by atoms with Crippen molar-refractivity contribution in [2.24, 2.45) is 5.92 Å². The van der Waals surface area contributed by atoms with Gasteiger partial charge in [0.1, 0.15) is 0 Å². The van der Waals surface area contributed by atoms with E-state index < -0.39 is 0 Å². The van der Waals surface area contributed by atoms with Crippen molar-refractivity contribution in [1.82, 2.24) is 10.2 Å². The zero-order valence-corrected chi connectivity index (χ0v) is 15.4. The third-order valence-electron chi connectivity index (χ3n) is 5.31. The van der Waals surface area contributed by atoms with E-state index in [2.05, 4.69) is 30.1 Å². The van der Waals surface area contributed by atoms with Crippen LogP contribution in [0.3, 0.4) is 0 Å². The zero-order chi connectivity index (χ0) is 17.6. The predicted octanol–water partition coefficient (Wildman–Crippen LogP) is 2.28. The fourth-order valence-corrected chi connectivity index (χ4v) is 3.73. The maximum Gasteiger partial charge on any atom is 0.251 e. The predicted molar refractivity (Wildman–Crippen MR) is 98.0 cm³/mol. The fraction of sp³-hybridized carbons (Fsp3) is 0.650. The summed E-state index contributed by atoms with van der Waals surface area (Å²) in [6.07, 6.45) is 1.04. The number of carbonyl (C=O) groups is 1. The molecule has 0 aromatic heterocycles. The van der Waals surface area contributed by atoms with Crippen LogP contribution >= 0.6 is 0 Å². The van der Waals surface area contributed by atoms with E-state index in [0.29, 0.717) is 24.4 Å². The summed E-state index contributed by atoms with van der Waals surface area (Å²) in [4.78, 5) is 15.1. The molecule has 2 heterocycles. The smallest absolute Gasteiger partial charge is 0.251 e. The van der Waals surface area contributed by atoms with Gasteiger partial charge in [-0.3, -0.25) is 9.69 Å². The number of carbonyl (C=O) groups excluding carboxylic acids is 1. The molecule has 2 aliphatic rings. The summed E-state index contributed by atoms with van der Waals surface area (Å²) in [6, 6.07) is 8.34. The Morgan fingerprint density at radius 1 is 1.24 bits per heavy atom. The van der Waals surface area contributed by atoms with Gasteiger partial charge >= 0.3 is 0 Å². The number of amides is 1. The Morgan fingerprint density at radius 2 is 2.04 bits per heavy atom. The van der Waals surface area contributed by atoms with Crippen LogP contribution in [0.1, 0.15) is 42.1 Å². The number of nitrogens with zero attached hydrogens (tertiary/aromatic N) is 1. The van der Waals surface area contributed by atoms with Crippen molar-refractivity contribution in [2.45, 2.75) is 32.2 Å². The van der Waals surface area contributed by atoms with Gasteiger partial charge in [-0.1, -0.05) is 26.0 Å². The highest BCUT2D eigenvalue weighted by atomic mass is 16.5. The van der Waals surface area contributed by atoms with Gasteiger partial charge in [-0.25, -0.2) is 0 Å². The Hall–Kier alpha value is -1.43. The van der Waals surface area contributed by atoms with Crippen LogP contribution in [0.15, 0.2) is 24.3 Å². The second-order valence-electron chi connectivity index (χ2n) is 7.36. The number of benzene rings is 1. The van der Waals surface area contributed by atoms with E-state index in [4.69, 9.17) is 9.47 Å². The van der Waals surface area contributed by atoms with E-state index >= 15 is 0 Å². The Balaban J connectivity index is 1.59. The lowest BCUT2D eigenvalue weighted by molar-refractivity contribution is 0.00672. The maximum absolute atomic E-state index is 12.6. The van der Waals surface area contributed by atoms with Crippen LogP contribution in [0.5, 0.6) is 0 Å². The summed E-state index contributed by atoms with van der Waals surface area (Å²) in [5.74, 6) is 0.921. The van der Waals surface area contributed by atoms with Crippen LogP contribution in [0, 0.1) is 5.92 Å². The van der Waals surface area contributed by atoms with Gasteiger partial charge in [-0.05, 0) is 30.0 Å². The van der Waals surface area contributed by atoms with Gasteiger partial charge in [0.25, 0.3) is 5.91 Å². The van der Waals surface area contributed by atoms with Crippen molar-refractivity contribution in [1.29, 1.82) is 0 Å². The van der Waals surface area contributed by atoms with Crippen molar-refractivity contribution in [3.05, 3.63) is 35.4 Å². The van der Waals surface area contributed by atoms with Crippen molar-refractivity contribution < 1.29 is 14.3 Å². The van der Waals surface area contributed by atoms with Crippen LogP contribution in [0.25, 0.3) is 0 Å². The van der Waals surface area contributed by atoms with E-state index in [9.17, 15) is 4.79 Å². The Kier molecular flexibility index (Phi) is 6.45. The first-order chi connectivity index (χ1) is 12.1. The lowest BCUT2D eigenvalue weighted by atomic mass is 9.96. The van der Waals surface area contributed by atoms with Gasteiger partial charge in [0.05, 0.1) is 19.8 Å². The molecule has 2 atom stereocenters. The lowest BCUT2D eigenvalue weighted by Crippen LogP contribution is -2.51. The number of ether oxygens (including phenoxy) is 2. The Bertz CT molecular complexity index is 564. The molecule has 1 amide bonds. The molecule has 1 N–H and O–H groups in total. The summed E-state index contributed by atoms with van der Waals surface area (Å²) in [7, 11) is 0. The molecule has 0 saturated carbocycles. The highest BCUT2D eigenvalue weighted by Crippen LogP contribution is 2.25.